The summed E-state index contributed by atoms with van der Waals surface area (Å²) in [6.45, 7) is 1.96. The summed E-state index contributed by atoms with van der Waals surface area (Å²) in [5.74, 6) is 0.147. The summed E-state index contributed by atoms with van der Waals surface area (Å²) in [5.41, 5.74) is 5.73. The van der Waals surface area contributed by atoms with Gasteiger partial charge in [-0.15, -0.1) is 0 Å². The van der Waals surface area contributed by atoms with Crippen LogP contribution in [0, 0.1) is 6.92 Å². The molecule has 1 aliphatic rings. The van der Waals surface area contributed by atoms with Crippen LogP contribution in [0.5, 0.6) is 0 Å². The Hall–Kier alpha value is -1.96. The average Bonchev–Trinajstić information content (AvgIpc) is 2.86. The number of aryl methyl sites for hydroxylation is 3. The molecular formula is C17H17NO. The fraction of sp³-hybridized carbons (Fsp3) is 0.294. The number of rotatable bonds is 3. The molecule has 2 aromatic rings. The highest BCUT2D eigenvalue weighted by molar-refractivity contribution is 5.97. The van der Waals surface area contributed by atoms with E-state index in [4.69, 9.17) is 0 Å². The number of hydrogen-bond donors (Lipinski definition) is 0. The average molecular weight is 251 g/mol. The van der Waals surface area contributed by atoms with E-state index in [0.29, 0.717) is 12.0 Å². The van der Waals surface area contributed by atoms with Crippen molar-refractivity contribution in [3.05, 3.63) is 64.5 Å². The van der Waals surface area contributed by atoms with Gasteiger partial charge in [0, 0.05) is 24.4 Å². The van der Waals surface area contributed by atoms with Crippen LogP contribution in [0.3, 0.4) is 0 Å². The Morgan fingerprint density at radius 1 is 1.16 bits per heavy atom. The van der Waals surface area contributed by atoms with Crippen LogP contribution < -0.4 is 0 Å². The van der Waals surface area contributed by atoms with Crippen molar-refractivity contribution in [3.63, 3.8) is 0 Å². The van der Waals surface area contributed by atoms with Crippen molar-refractivity contribution < 1.29 is 4.79 Å². The third-order valence-corrected chi connectivity index (χ3v) is 3.72. The number of pyridine rings is 1. The molecule has 0 fully saturated rings. The van der Waals surface area contributed by atoms with E-state index in [-0.39, 0.29) is 5.78 Å². The van der Waals surface area contributed by atoms with Crippen LogP contribution in [-0.4, -0.2) is 10.8 Å². The minimum atomic E-state index is 0.147. The third-order valence-electron chi connectivity index (χ3n) is 3.72. The third kappa shape index (κ3) is 2.58. The minimum Gasteiger partial charge on any atom is -0.294 e. The Morgan fingerprint density at radius 2 is 2.00 bits per heavy atom. The quantitative estimate of drug-likeness (QED) is 0.783. The topological polar surface area (TPSA) is 30.0 Å². The Kier molecular flexibility index (Phi) is 3.16. The maximum Gasteiger partial charge on any atom is 0.168 e. The summed E-state index contributed by atoms with van der Waals surface area (Å²) in [5, 5.41) is 0. The number of hydrogen-bond acceptors (Lipinski definition) is 2. The molecule has 1 aromatic carbocycles. The van der Waals surface area contributed by atoms with E-state index < -0.39 is 0 Å². The summed E-state index contributed by atoms with van der Waals surface area (Å²) in [7, 11) is 0. The molecule has 0 saturated heterocycles. The molecule has 1 aromatic heterocycles. The Labute approximate surface area is 113 Å². The van der Waals surface area contributed by atoms with Gasteiger partial charge >= 0.3 is 0 Å². The number of Topliss-reactive ketones (excluding diaryl/α,β-unsaturated/α-hetero) is 1. The molecule has 2 heteroatoms. The van der Waals surface area contributed by atoms with Crippen LogP contribution in [0.4, 0.5) is 0 Å². The standard InChI is InChI=1S/C17H17NO/c1-12-7-16(11-18-10-12)17(19)9-13-5-6-14-3-2-4-15(14)8-13/h5-8,10-11H,2-4,9H2,1H3. The van der Waals surface area contributed by atoms with Gasteiger partial charge in [0.25, 0.3) is 0 Å². The lowest BCUT2D eigenvalue weighted by atomic mass is 10.00. The van der Waals surface area contributed by atoms with Gasteiger partial charge in [-0.1, -0.05) is 18.2 Å². The second-order valence-electron chi connectivity index (χ2n) is 5.31. The zero-order valence-electron chi connectivity index (χ0n) is 11.1. The lowest BCUT2D eigenvalue weighted by molar-refractivity contribution is 0.0992. The molecule has 0 saturated carbocycles. The highest BCUT2D eigenvalue weighted by Gasteiger charge is 2.13. The summed E-state index contributed by atoms with van der Waals surface area (Å²) in [6.07, 6.45) is 7.48. The van der Waals surface area contributed by atoms with Crippen molar-refractivity contribution in [1.82, 2.24) is 4.98 Å². The molecular weight excluding hydrogens is 234 g/mol. The predicted octanol–water partition coefficient (Wildman–Crippen LogP) is 3.30. The van der Waals surface area contributed by atoms with Crippen LogP contribution in [-0.2, 0) is 19.3 Å². The highest BCUT2D eigenvalue weighted by atomic mass is 16.1. The molecule has 1 aliphatic carbocycles. The van der Waals surface area contributed by atoms with Gasteiger partial charge in [-0.3, -0.25) is 9.78 Å². The number of carbonyl (C=O) groups excluding carboxylic acids is 1. The highest BCUT2D eigenvalue weighted by Crippen LogP contribution is 2.23. The monoisotopic (exact) mass is 251 g/mol. The van der Waals surface area contributed by atoms with Crippen LogP contribution in [0.15, 0.2) is 36.7 Å². The van der Waals surface area contributed by atoms with Crippen molar-refractivity contribution in [3.8, 4) is 0 Å². The maximum atomic E-state index is 12.2. The van der Waals surface area contributed by atoms with Gasteiger partial charge in [0.2, 0.25) is 0 Å². The number of ketones is 1. The fourth-order valence-electron chi connectivity index (χ4n) is 2.73. The van der Waals surface area contributed by atoms with Crippen molar-refractivity contribution in [2.24, 2.45) is 0 Å². The van der Waals surface area contributed by atoms with Gasteiger partial charge in [0.05, 0.1) is 0 Å². The molecule has 19 heavy (non-hydrogen) atoms. The van der Waals surface area contributed by atoms with Gasteiger partial charge in [0.1, 0.15) is 0 Å². The molecule has 96 valence electrons. The van der Waals surface area contributed by atoms with Crippen LogP contribution in [0.2, 0.25) is 0 Å². The van der Waals surface area contributed by atoms with E-state index in [1.807, 2.05) is 13.0 Å². The molecule has 2 nitrogen and oxygen atoms in total. The van der Waals surface area contributed by atoms with Gasteiger partial charge in [0.15, 0.2) is 5.78 Å². The second kappa shape index (κ2) is 4.96. The largest absolute Gasteiger partial charge is 0.294 e. The maximum absolute atomic E-state index is 12.2. The molecule has 0 bridgehead atoms. The fourth-order valence-corrected chi connectivity index (χ4v) is 2.73. The molecule has 3 rings (SSSR count). The number of nitrogens with zero attached hydrogens (tertiary/aromatic N) is 1. The summed E-state index contributed by atoms with van der Waals surface area (Å²) >= 11 is 0. The first kappa shape index (κ1) is 12.1. The molecule has 0 unspecified atom stereocenters. The molecule has 0 radical (unpaired) electrons. The zero-order chi connectivity index (χ0) is 13.2. The molecule has 0 atom stereocenters. The van der Waals surface area contributed by atoms with Crippen molar-refractivity contribution in [2.45, 2.75) is 32.6 Å². The Balaban J connectivity index is 1.80. The van der Waals surface area contributed by atoms with Crippen LogP contribution in [0.1, 0.15) is 39.0 Å². The van der Waals surface area contributed by atoms with E-state index >= 15 is 0 Å². The molecule has 0 N–H and O–H groups in total. The molecule has 0 aliphatic heterocycles. The molecule has 1 heterocycles. The second-order valence-corrected chi connectivity index (χ2v) is 5.31. The number of fused-ring (bicyclic) bond motifs is 1. The van der Waals surface area contributed by atoms with Gasteiger partial charge < -0.3 is 0 Å². The van der Waals surface area contributed by atoms with E-state index in [1.165, 1.54) is 24.0 Å². The van der Waals surface area contributed by atoms with E-state index in [1.54, 1.807) is 12.4 Å². The first-order valence-corrected chi connectivity index (χ1v) is 6.78. The van der Waals surface area contributed by atoms with Gasteiger partial charge in [-0.25, -0.2) is 0 Å². The van der Waals surface area contributed by atoms with Crippen LogP contribution in [0.25, 0.3) is 0 Å². The molecule has 0 spiro atoms. The first-order valence-electron chi connectivity index (χ1n) is 6.78. The van der Waals surface area contributed by atoms with E-state index in [0.717, 1.165) is 17.5 Å². The molecule has 0 amide bonds. The number of benzene rings is 1. The SMILES string of the molecule is Cc1cncc(C(=O)Cc2ccc3c(c2)CCC3)c1. The number of carbonyl (C=O) groups is 1. The van der Waals surface area contributed by atoms with Crippen LogP contribution >= 0.6 is 0 Å². The Morgan fingerprint density at radius 3 is 2.84 bits per heavy atom. The summed E-state index contributed by atoms with van der Waals surface area (Å²) in [4.78, 5) is 16.3. The zero-order valence-corrected chi connectivity index (χ0v) is 11.1. The van der Waals surface area contributed by atoms with Crippen molar-refractivity contribution >= 4 is 5.78 Å². The van der Waals surface area contributed by atoms with Gasteiger partial charge in [-0.05, 0) is 54.5 Å². The van der Waals surface area contributed by atoms with Crippen molar-refractivity contribution in [1.29, 1.82) is 0 Å². The minimum absolute atomic E-state index is 0.147. The van der Waals surface area contributed by atoms with E-state index in [9.17, 15) is 4.79 Å². The van der Waals surface area contributed by atoms with E-state index in [2.05, 4.69) is 23.2 Å². The Bertz CT molecular complexity index is 631. The van der Waals surface area contributed by atoms with Crippen molar-refractivity contribution in [2.75, 3.05) is 0 Å². The lowest BCUT2D eigenvalue weighted by Crippen LogP contribution is -2.05. The summed E-state index contributed by atoms with van der Waals surface area (Å²) in [6, 6.07) is 8.37. The first-order chi connectivity index (χ1) is 9.22. The smallest absolute Gasteiger partial charge is 0.168 e. The van der Waals surface area contributed by atoms with Gasteiger partial charge in [-0.2, -0.15) is 0 Å². The normalized spacial score (nSPS) is 13.3. The lowest BCUT2D eigenvalue weighted by Gasteiger charge is -2.05. The number of aromatic nitrogens is 1. The summed E-state index contributed by atoms with van der Waals surface area (Å²) < 4.78 is 0. The predicted molar refractivity (Wildman–Crippen MR) is 75.5 cm³/mol.